The Morgan fingerprint density at radius 2 is 2.00 bits per heavy atom. The molecule has 0 aliphatic rings. The predicted octanol–water partition coefficient (Wildman–Crippen LogP) is 2.03. The minimum Gasteiger partial charge on any atom is -0.478 e. The summed E-state index contributed by atoms with van der Waals surface area (Å²) in [7, 11) is -4.18. The molecule has 2 aromatic rings. The van der Waals surface area contributed by atoms with Crippen LogP contribution in [-0.4, -0.2) is 24.5 Å². The highest BCUT2D eigenvalue weighted by Crippen LogP contribution is 2.19. The monoisotopic (exact) mass is 310 g/mol. The first-order valence-corrected chi connectivity index (χ1v) is 7.26. The van der Waals surface area contributed by atoms with Gasteiger partial charge in [-0.05, 0) is 42.8 Å². The summed E-state index contributed by atoms with van der Waals surface area (Å²) < 4.78 is 40.1. The third-order valence-electron chi connectivity index (χ3n) is 2.62. The van der Waals surface area contributed by atoms with Gasteiger partial charge in [-0.3, -0.25) is 4.72 Å². The zero-order chi connectivity index (χ0) is 15.6. The van der Waals surface area contributed by atoms with Gasteiger partial charge >= 0.3 is 5.97 Å². The molecule has 0 saturated heterocycles. The van der Waals surface area contributed by atoms with Crippen LogP contribution in [0.3, 0.4) is 0 Å². The van der Waals surface area contributed by atoms with Gasteiger partial charge in [0.1, 0.15) is 16.5 Å². The van der Waals surface area contributed by atoms with E-state index < -0.39 is 26.7 Å². The Bertz CT molecular complexity index is 806. The average molecular weight is 310 g/mol. The van der Waals surface area contributed by atoms with Crippen LogP contribution < -0.4 is 4.72 Å². The number of rotatable bonds is 4. The average Bonchev–Trinajstić information content (AvgIpc) is 2.37. The van der Waals surface area contributed by atoms with Crippen molar-refractivity contribution in [2.75, 3.05) is 4.72 Å². The summed E-state index contributed by atoms with van der Waals surface area (Å²) in [6.45, 7) is 1.75. The van der Waals surface area contributed by atoms with Crippen molar-refractivity contribution in [3.05, 3.63) is 53.5 Å². The number of aryl methyl sites for hydroxylation is 1. The predicted molar refractivity (Wildman–Crippen MR) is 73.1 cm³/mol. The highest BCUT2D eigenvalue weighted by Gasteiger charge is 2.21. The highest BCUT2D eigenvalue weighted by atomic mass is 32.2. The minimum atomic E-state index is -4.18. The lowest BCUT2D eigenvalue weighted by Gasteiger charge is -2.09. The van der Waals surface area contributed by atoms with Gasteiger partial charge in [0, 0.05) is 6.20 Å². The summed E-state index contributed by atoms with van der Waals surface area (Å²) in [6, 6.07) is 5.74. The Labute approximate surface area is 120 Å². The Morgan fingerprint density at radius 1 is 1.29 bits per heavy atom. The summed E-state index contributed by atoms with van der Waals surface area (Å²) in [5.74, 6) is -2.43. The third kappa shape index (κ3) is 3.34. The van der Waals surface area contributed by atoms with E-state index in [0.717, 1.165) is 17.7 Å². The van der Waals surface area contributed by atoms with Crippen LogP contribution in [0.25, 0.3) is 0 Å². The molecular weight excluding hydrogens is 299 g/mol. The number of halogens is 1. The van der Waals surface area contributed by atoms with Gasteiger partial charge in [-0.1, -0.05) is 0 Å². The molecule has 2 rings (SSSR count). The van der Waals surface area contributed by atoms with Crippen LogP contribution in [0.1, 0.15) is 15.9 Å². The number of carbonyl (C=O) groups is 1. The molecule has 1 aromatic heterocycles. The second kappa shape index (κ2) is 5.49. The third-order valence-corrected chi connectivity index (χ3v) is 4.01. The standard InChI is InChI=1S/C13H11FN2O4S/c1-8-4-5-15-12(6-8)16-21(19,20)11-3-2-9(13(17)18)7-10(11)14/h2-7H,1H3,(H,15,16)(H,17,18). The van der Waals surface area contributed by atoms with Crippen molar-refractivity contribution in [1.29, 1.82) is 0 Å². The molecule has 0 spiro atoms. The smallest absolute Gasteiger partial charge is 0.335 e. The van der Waals surface area contributed by atoms with Gasteiger partial charge in [-0.2, -0.15) is 0 Å². The lowest BCUT2D eigenvalue weighted by molar-refractivity contribution is 0.0696. The zero-order valence-electron chi connectivity index (χ0n) is 10.9. The number of carboxylic acid groups (broad SMARTS) is 1. The van der Waals surface area contributed by atoms with Crippen LogP contribution in [-0.2, 0) is 10.0 Å². The van der Waals surface area contributed by atoms with Gasteiger partial charge < -0.3 is 5.11 Å². The lowest BCUT2D eigenvalue weighted by atomic mass is 10.2. The van der Waals surface area contributed by atoms with Gasteiger partial charge in [-0.25, -0.2) is 22.6 Å². The number of hydrogen-bond donors (Lipinski definition) is 2. The fraction of sp³-hybridized carbons (Fsp3) is 0.0769. The number of sulfonamides is 1. The summed E-state index contributed by atoms with van der Waals surface area (Å²) in [5, 5.41) is 8.73. The summed E-state index contributed by atoms with van der Waals surface area (Å²) in [4.78, 5) is 13.9. The molecule has 0 bridgehead atoms. The van der Waals surface area contributed by atoms with E-state index in [1.165, 1.54) is 12.3 Å². The summed E-state index contributed by atoms with van der Waals surface area (Å²) >= 11 is 0. The molecule has 0 aliphatic carbocycles. The minimum absolute atomic E-state index is 0.0525. The molecule has 0 amide bonds. The number of benzene rings is 1. The Balaban J connectivity index is 2.38. The number of anilines is 1. The van der Waals surface area contributed by atoms with Crippen molar-refractivity contribution in [1.82, 2.24) is 4.98 Å². The highest BCUT2D eigenvalue weighted by molar-refractivity contribution is 7.92. The van der Waals surface area contributed by atoms with Crippen molar-refractivity contribution in [2.45, 2.75) is 11.8 Å². The number of pyridine rings is 1. The van der Waals surface area contributed by atoms with Gasteiger partial charge in [0.2, 0.25) is 0 Å². The van der Waals surface area contributed by atoms with Crippen molar-refractivity contribution in [2.24, 2.45) is 0 Å². The van der Waals surface area contributed by atoms with E-state index >= 15 is 0 Å². The quantitative estimate of drug-likeness (QED) is 0.900. The number of aromatic carboxylic acids is 1. The van der Waals surface area contributed by atoms with Gasteiger partial charge in [-0.15, -0.1) is 0 Å². The zero-order valence-corrected chi connectivity index (χ0v) is 11.7. The van der Waals surface area contributed by atoms with Crippen molar-refractivity contribution < 1.29 is 22.7 Å². The number of aromatic nitrogens is 1. The molecular formula is C13H11FN2O4S. The lowest BCUT2D eigenvalue weighted by Crippen LogP contribution is -2.16. The Kier molecular flexibility index (Phi) is 3.90. The maximum Gasteiger partial charge on any atom is 0.335 e. The molecule has 6 nitrogen and oxygen atoms in total. The van der Waals surface area contributed by atoms with E-state index in [1.54, 1.807) is 13.0 Å². The first-order valence-electron chi connectivity index (χ1n) is 5.78. The van der Waals surface area contributed by atoms with Crippen LogP contribution in [0.4, 0.5) is 10.2 Å². The van der Waals surface area contributed by atoms with E-state index in [2.05, 4.69) is 9.71 Å². The van der Waals surface area contributed by atoms with Gasteiger partial charge in [0.15, 0.2) is 0 Å². The fourth-order valence-electron chi connectivity index (χ4n) is 1.64. The van der Waals surface area contributed by atoms with Gasteiger partial charge in [0.05, 0.1) is 5.56 Å². The second-order valence-corrected chi connectivity index (χ2v) is 5.93. The fourth-order valence-corrected chi connectivity index (χ4v) is 2.70. The topological polar surface area (TPSA) is 96.4 Å². The van der Waals surface area contributed by atoms with E-state index in [-0.39, 0.29) is 11.4 Å². The molecule has 1 aromatic carbocycles. The van der Waals surface area contributed by atoms with E-state index in [9.17, 15) is 17.6 Å². The van der Waals surface area contributed by atoms with Crippen LogP contribution >= 0.6 is 0 Å². The Morgan fingerprint density at radius 3 is 2.57 bits per heavy atom. The van der Waals surface area contributed by atoms with Gasteiger partial charge in [0.25, 0.3) is 10.0 Å². The molecule has 8 heteroatoms. The van der Waals surface area contributed by atoms with Crippen LogP contribution in [0, 0.1) is 12.7 Å². The first-order chi connectivity index (χ1) is 9.79. The molecule has 1 heterocycles. The maximum absolute atomic E-state index is 13.8. The second-order valence-electron chi connectivity index (χ2n) is 4.27. The van der Waals surface area contributed by atoms with Crippen molar-refractivity contribution >= 4 is 21.8 Å². The Hall–Kier alpha value is -2.48. The number of hydrogen-bond acceptors (Lipinski definition) is 4. The SMILES string of the molecule is Cc1ccnc(NS(=O)(=O)c2ccc(C(=O)O)cc2F)c1. The normalized spacial score (nSPS) is 11.1. The molecule has 0 unspecified atom stereocenters. The molecule has 0 aliphatic heterocycles. The molecule has 0 fully saturated rings. The van der Waals surface area contributed by atoms with Crippen molar-refractivity contribution in [3.8, 4) is 0 Å². The summed E-state index contributed by atoms with van der Waals surface area (Å²) in [6.07, 6.45) is 1.41. The van der Waals surface area contributed by atoms with E-state index in [4.69, 9.17) is 5.11 Å². The largest absolute Gasteiger partial charge is 0.478 e. The summed E-state index contributed by atoms with van der Waals surface area (Å²) in [5.41, 5.74) is 0.449. The maximum atomic E-state index is 13.8. The number of nitrogens with one attached hydrogen (secondary N) is 1. The van der Waals surface area contributed by atoms with Crippen LogP contribution in [0.15, 0.2) is 41.4 Å². The molecule has 0 saturated carbocycles. The first kappa shape index (κ1) is 14.9. The number of carboxylic acids is 1. The molecule has 21 heavy (non-hydrogen) atoms. The molecule has 0 atom stereocenters. The van der Waals surface area contributed by atoms with E-state index in [0.29, 0.717) is 6.07 Å². The number of nitrogens with zero attached hydrogens (tertiary/aromatic N) is 1. The molecule has 110 valence electrons. The van der Waals surface area contributed by atoms with Crippen LogP contribution in [0.2, 0.25) is 0 Å². The van der Waals surface area contributed by atoms with E-state index in [1.807, 2.05) is 0 Å². The van der Waals surface area contributed by atoms with Crippen LogP contribution in [0.5, 0.6) is 0 Å². The van der Waals surface area contributed by atoms with Crippen molar-refractivity contribution in [3.63, 3.8) is 0 Å². The molecule has 0 radical (unpaired) electrons. The molecule has 2 N–H and O–H groups in total.